The minimum Gasteiger partial charge on any atom is -0.211 e. The van der Waals surface area contributed by atoms with E-state index in [4.69, 9.17) is 0 Å². The maximum Gasteiger partial charge on any atom is 0.235 e. The summed E-state index contributed by atoms with van der Waals surface area (Å²) in [5, 5.41) is 0. The van der Waals surface area contributed by atoms with Crippen molar-refractivity contribution < 1.29 is 9.59 Å². The van der Waals surface area contributed by atoms with Crippen LogP contribution in [0.25, 0.3) is 0 Å². The van der Waals surface area contributed by atoms with Crippen LogP contribution >= 0.6 is 0 Å². The monoisotopic (exact) mass is 234 g/mol. The summed E-state index contributed by atoms with van der Waals surface area (Å²) in [6.07, 6.45) is 9.88. The number of hydrogen-bond acceptors (Lipinski definition) is 4. The average molecular weight is 234 g/mol. The lowest BCUT2D eigenvalue weighted by Gasteiger charge is -2.49. The molecule has 2 unspecified atom stereocenters. The van der Waals surface area contributed by atoms with E-state index in [1.165, 1.54) is 12.8 Å². The quantitative estimate of drug-likeness (QED) is 0.554. The number of carbonyl (C=O) groups excluding carboxylic acids is 2. The number of nitrogens with zero attached hydrogens (tertiary/aromatic N) is 2. The van der Waals surface area contributed by atoms with Crippen molar-refractivity contribution in [3.63, 3.8) is 0 Å². The first-order chi connectivity index (χ1) is 8.19. The van der Waals surface area contributed by atoms with Gasteiger partial charge >= 0.3 is 0 Å². The van der Waals surface area contributed by atoms with Gasteiger partial charge in [0.2, 0.25) is 12.2 Å². The fourth-order valence-electron chi connectivity index (χ4n) is 3.72. The maximum absolute atomic E-state index is 10.4. The van der Waals surface area contributed by atoms with Crippen LogP contribution in [0.15, 0.2) is 9.98 Å². The molecule has 0 aromatic carbocycles. The number of rotatable bonds is 4. The molecule has 4 heteroatoms. The van der Waals surface area contributed by atoms with Crippen molar-refractivity contribution in [1.82, 2.24) is 0 Å². The highest BCUT2D eigenvalue weighted by molar-refractivity contribution is 5.34. The molecule has 92 valence electrons. The molecule has 0 heterocycles. The minimum absolute atomic E-state index is 0.0306. The van der Waals surface area contributed by atoms with Gasteiger partial charge in [-0.3, -0.25) is 0 Å². The van der Waals surface area contributed by atoms with E-state index in [-0.39, 0.29) is 17.5 Å². The Hall–Kier alpha value is -1.24. The van der Waals surface area contributed by atoms with E-state index >= 15 is 0 Å². The van der Waals surface area contributed by atoms with E-state index in [1.54, 1.807) is 12.2 Å². The van der Waals surface area contributed by atoms with Crippen LogP contribution in [0.2, 0.25) is 0 Å². The molecule has 4 nitrogen and oxygen atoms in total. The van der Waals surface area contributed by atoms with Gasteiger partial charge in [0.05, 0.1) is 12.1 Å². The molecule has 0 aliphatic heterocycles. The van der Waals surface area contributed by atoms with Gasteiger partial charge in [-0.15, -0.1) is 0 Å². The molecule has 17 heavy (non-hydrogen) atoms. The fraction of sp³-hybridized carbons (Fsp3) is 0.846. The lowest BCUT2D eigenvalue weighted by atomic mass is 9.57. The zero-order valence-electron chi connectivity index (χ0n) is 10.2. The zero-order valence-corrected chi connectivity index (χ0v) is 10.2. The van der Waals surface area contributed by atoms with Gasteiger partial charge < -0.3 is 0 Å². The van der Waals surface area contributed by atoms with Crippen molar-refractivity contribution in [2.24, 2.45) is 21.3 Å². The SMILES string of the molecule is CC(CC12CCC(CC1)C(N=C=O)C2)N=C=O. The van der Waals surface area contributed by atoms with Gasteiger partial charge in [0, 0.05) is 0 Å². The van der Waals surface area contributed by atoms with Crippen LogP contribution in [0.5, 0.6) is 0 Å². The van der Waals surface area contributed by atoms with Gasteiger partial charge in [0.25, 0.3) is 0 Å². The lowest BCUT2D eigenvalue weighted by molar-refractivity contribution is 0.0352. The highest BCUT2D eigenvalue weighted by Crippen LogP contribution is 2.53. The molecule has 2 bridgehead atoms. The summed E-state index contributed by atoms with van der Waals surface area (Å²) >= 11 is 0. The highest BCUT2D eigenvalue weighted by atomic mass is 16.1. The molecule has 0 spiro atoms. The Morgan fingerprint density at radius 3 is 2.59 bits per heavy atom. The molecule has 2 atom stereocenters. The van der Waals surface area contributed by atoms with Crippen molar-refractivity contribution >= 4 is 12.2 Å². The van der Waals surface area contributed by atoms with E-state index in [2.05, 4.69) is 9.98 Å². The van der Waals surface area contributed by atoms with Crippen LogP contribution in [0.1, 0.15) is 45.4 Å². The Morgan fingerprint density at radius 1 is 1.29 bits per heavy atom. The standard InChI is InChI=1S/C13H18N2O2/c1-10(14-8-16)6-13-4-2-11(3-5-13)12(7-13)15-9-17/h10-12H,2-7H2,1H3. The maximum atomic E-state index is 10.4. The smallest absolute Gasteiger partial charge is 0.211 e. The second kappa shape index (κ2) is 4.95. The van der Waals surface area contributed by atoms with Crippen LogP contribution in [-0.2, 0) is 9.59 Å². The third-order valence-corrected chi connectivity index (χ3v) is 4.50. The summed E-state index contributed by atoms with van der Waals surface area (Å²) in [4.78, 5) is 28.4. The van der Waals surface area contributed by atoms with Crippen LogP contribution in [-0.4, -0.2) is 24.2 Å². The number of hydrogen-bond donors (Lipinski definition) is 0. The molecule has 3 rings (SSSR count). The van der Waals surface area contributed by atoms with Gasteiger partial charge in [0.15, 0.2) is 0 Å². The van der Waals surface area contributed by atoms with Crippen LogP contribution in [0, 0.1) is 11.3 Å². The van der Waals surface area contributed by atoms with Crippen molar-refractivity contribution in [3.8, 4) is 0 Å². The zero-order chi connectivity index (χ0) is 12.3. The molecular formula is C13H18N2O2. The Bertz CT molecular complexity index is 369. The molecule has 0 N–H and O–H groups in total. The Balaban J connectivity index is 2.08. The summed E-state index contributed by atoms with van der Waals surface area (Å²) in [6.45, 7) is 1.96. The first-order valence-electron chi connectivity index (χ1n) is 6.33. The molecule has 0 radical (unpaired) electrons. The molecule has 3 saturated carbocycles. The van der Waals surface area contributed by atoms with Crippen LogP contribution in [0.3, 0.4) is 0 Å². The van der Waals surface area contributed by atoms with Gasteiger partial charge in [-0.25, -0.2) is 19.6 Å². The van der Waals surface area contributed by atoms with Crippen LogP contribution in [0.4, 0.5) is 0 Å². The summed E-state index contributed by atoms with van der Waals surface area (Å²) in [6, 6.07) is 0.186. The Labute approximate surface area is 101 Å². The lowest BCUT2D eigenvalue weighted by Crippen LogP contribution is -2.43. The second-order valence-electron chi connectivity index (χ2n) is 5.60. The van der Waals surface area contributed by atoms with Crippen molar-refractivity contribution in [2.75, 3.05) is 0 Å². The molecule has 3 aliphatic rings. The second-order valence-corrected chi connectivity index (χ2v) is 5.60. The Kier molecular flexibility index (Phi) is 3.56. The highest BCUT2D eigenvalue weighted by Gasteiger charge is 2.46. The predicted octanol–water partition coefficient (Wildman–Crippen LogP) is 2.39. The molecule has 0 saturated heterocycles. The number of fused-ring (bicyclic) bond motifs is 3. The third-order valence-electron chi connectivity index (χ3n) is 4.50. The van der Waals surface area contributed by atoms with E-state index in [0.717, 1.165) is 25.7 Å². The summed E-state index contributed by atoms with van der Waals surface area (Å²) in [7, 11) is 0. The fourth-order valence-corrected chi connectivity index (χ4v) is 3.72. The minimum atomic E-state index is 0.0306. The van der Waals surface area contributed by atoms with Gasteiger partial charge in [-0.2, -0.15) is 0 Å². The van der Waals surface area contributed by atoms with E-state index in [9.17, 15) is 9.59 Å². The van der Waals surface area contributed by atoms with Gasteiger partial charge in [0.1, 0.15) is 0 Å². The molecule has 0 amide bonds. The first-order valence-corrected chi connectivity index (χ1v) is 6.33. The van der Waals surface area contributed by atoms with Crippen molar-refractivity contribution in [1.29, 1.82) is 0 Å². The summed E-state index contributed by atoms with van der Waals surface area (Å²) < 4.78 is 0. The largest absolute Gasteiger partial charge is 0.235 e. The van der Waals surface area contributed by atoms with Crippen LogP contribution < -0.4 is 0 Å². The summed E-state index contributed by atoms with van der Waals surface area (Å²) in [5.41, 5.74) is 0.236. The van der Waals surface area contributed by atoms with E-state index in [0.29, 0.717) is 5.92 Å². The van der Waals surface area contributed by atoms with Gasteiger partial charge in [-0.1, -0.05) is 0 Å². The molecule has 3 fully saturated rings. The van der Waals surface area contributed by atoms with E-state index < -0.39 is 0 Å². The summed E-state index contributed by atoms with van der Waals surface area (Å²) in [5.74, 6) is 0.572. The number of isocyanates is 2. The normalized spacial score (nSPS) is 36.8. The molecule has 0 aromatic rings. The first kappa shape index (κ1) is 12.2. The van der Waals surface area contributed by atoms with Crippen molar-refractivity contribution in [3.05, 3.63) is 0 Å². The molecule has 0 aromatic heterocycles. The topological polar surface area (TPSA) is 58.9 Å². The molecular weight excluding hydrogens is 216 g/mol. The van der Waals surface area contributed by atoms with E-state index in [1.807, 2.05) is 6.92 Å². The van der Waals surface area contributed by atoms with Gasteiger partial charge in [-0.05, 0) is 56.8 Å². The third kappa shape index (κ3) is 2.54. The number of aliphatic imine (C=N–C) groups is 2. The predicted molar refractivity (Wildman–Crippen MR) is 63.1 cm³/mol. The Morgan fingerprint density at radius 2 is 2.00 bits per heavy atom. The molecule has 3 aliphatic carbocycles. The average Bonchev–Trinajstić information content (AvgIpc) is 2.30. The van der Waals surface area contributed by atoms with Crippen molar-refractivity contribution in [2.45, 2.75) is 57.5 Å².